The van der Waals surface area contributed by atoms with E-state index in [-0.39, 0.29) is 24.3 Å². The van der Waals surface area contributed by atoms with E-state index in [0.717, 1.165) is 10.7 Å². The van der Waals surface area contributed by atoms with Gasteiger partial charge in [0, 0.05) is 30.9 Å². The first-order chi connectivity index (χ1) is 9.69. The molecule has 0 spiro atoms. The van der Waals surface area contributed by atoms with Gasteiger partial charge < -0.3 is 10.2 Å². The van der Waals surface area contributed by atoms with Gasteiger partial charge in [0.05, 0.1) is 12.1 Å². The molecular formula is C13H16N4O2S. The minimum Gasteiger partial charge on any atom is -0.354 e. The summed E-state index contributed by atoms with van der Waals surface area (Å²) < 4.78 is 1.91. The highest BCUT2D eigenvalue weighted by Crippen LogP contribution is 2.15. The predicted octanol–water partition coefficient (Wildman–Crippen LogP) is 0.675. The fourth-order valence-corrected chi connectivity index (χ4v) is 3.29. The molecule has 3 rings (SSSR count). The first-order valence-electron chi connectivity index (χ1n) is 6.67. The van der Waals surface area contributed by atoms with Crippen LogP contribution in [0.3, 0.4) is 0 Å². The zero-order valence-corrected chi connectivity index (χ0v) is 12.0. The number of nitrogens with zero attached hydrogens (tertiary/aromatic N) is 3. The maximum absolute atomic E-state index is 12.4. The number of hydrogen-bond acceptors (Lipinski definition) is 4. The molecule has 0 saturated carbocycles. The van der Waals surface area contributed by atoms with E-state index in [0.29, 0.717) is 19.5 Å². The second kappa shape index (κ2) is 5.24. The fourth-order valence-electron chi connectivity index (χ4n) is 2.57. The van der Waals surface area contributed by atoms with Crippen LogP contribution >= 0.6 is 11.3 Å². The molecule has 1 aliphatic rings. The van der Waals surface area contributed by atoms with Gasteiger partial charge in [-0.25, -0.2) is 4.98 Å². The topological polar surface area (TPSA) is 66.7 Å². The van der Waals surface area contributed by atoms with Gasteiger partial charge in [-0.1, -0.05) is 0 Å². The van der Waals surface area contributed by atoms with Crippen molar-refractivity contribution in [2.24, 2.45) is 0 Å². The highest BCUT2D eigenvalue weighted by atomic mass is 32.1. The molecule has 20 heavy (non-hydrogen) atoms. The summed E-state index contributed by atoms with van der Waals surface area (Å²) >= 11 is 1.54. The molecule has 3 heterocycles. The Morgan fingerprint density at radius 1 is 1.65 bits per heavy atom. The van der Waals surface area contributed by atoms with Crippen LogP contribution in [0.15, 0.2) is 17.8 Å². The minimum atomic E-state index is -0.323. The number of nitrogens with one attached hydrogen (secondary N) is 1. The first kappa shape index (κ1) is 13.1. The van der Waals surface area contributed by atoms with Crippen LogP contribution in [0.1, 0.15) is 19.0 Å². The summed E-state index contributed by atoms with van der Waals surface area (Å²) in [6, 6.07) is -0.323. The number of hydrogen-bond donors (Lipinski definition) is 1. The van der Waals surface area contributed by atoms with Crippen LogP contribution in [0.25, 0.3) is 4.96 Å². The fraction of sp³-hybridized carbons (Fsp3) is 0.462. The van der Waals surface area contributed by atoms with Gasteiger partial charge in [0.15, 0.2) is 4.96 Å². The molecule has 1 saturated heterocycles. The van der Waals surface area contributed by atoms with Crippen molar-refractivity contribution in [2.45, 2.75) is 25.8 Å². The lowest BCUT2D eigenvalue weighted by Gasteiger charge is -2.25. The summed E-state index contributed by atoms with van der Waals surface area (Å²) in [6.07, 6.45) is 4.72. The van der Waals surface area contributed by atoms with E-state index < -0.39 is 0 Å². The Bertz CT molecular complexity index is 619. The van der Waals surface area contributed by atoms with E-state index in [1.54, 1.807) is 4.90 Å². The van der Waals surface area contributed by atoms with Gasteiger partial charge in [0.25, 0.3) is 0 Å². The minimum absolute atomic E-state index is 0.0414. The highest BCUT2D eigenvalue weighted by molar-refractivity contribution is 7.15. The van der Waals surface area contributed by atoms with E-state index in [1.807, 2.05) is 29.1 Å². The number of amides is 2. The second-order valence-corrected chi connectivity index (χ2v) is 5.65. The Morgan fingerprint density at radius 3 is 3.15 bits per heavy atom. The van der Waals surface area contributed by atoms with Crippen molar-refractivity contribution in [3.63, 3.8) is 0 Å². The molecule has 6 nitrogen and oxygen atoms in total. The van der Waals surface area contributed by atoms with Crippen LogP contribution in [-0.4, -0.2) is 45.2 Å². The molecule has 1 N–H and O–H groups in total. The van der Waals surface area contributed by atoms with Crippen molar-refractivity contribution in [3.05, 3.63) is 23.5 Å². The molecule has 1 unspecified atom stereocenters. The molecule has 2 aromatic heterocycles. The van der Waals surface area contributed by atoms with Crippen LogP contribution in [0.5, 0.6) is 0 Å². The molecular weight excluding hydrogens is 276 g/mol. The number of thiazole rings is 1. The monoisotopic (exact) mass is 292 g/mol. The summed E-state index contributed by atoms with van der Waals surface area (Å²) in [5.74, 6) is -0.0914. The molecule has 0 bridgehead atoms. The van der Waals surface area contributed by atoms with Crippen LogP contribution in [0, 0.1) is 0 Å². The van der Waals surface area contributed by atoms with E-state index in [1.165, 1.54) is 11.3 Å². The smallest absolute Gasteiger partial charge is 0.242 e. The van der Waals surface area contributed by atoms with Gasteiger partial charge in [-0.3, -0.25) is 14.0 Å². The predicted molar refractivity (Wildman–Crippen MR) is 75.6 cm³/mol. The summed E-state index contributed by atoms with van der Waals surface area (Å²) in [6.45, 7) is 3.09. The molecule has 1 aliphatic heterocycles. The SMILES string of the molecule is CCN(C(=O)Cc1cn2ccsc2n1)C1CCNC1=O. The highest BCUT2D eigenvalue weighted by Gasteiger charge is 2.32. The summed E-state index contributed by atoms with van der Waals surface area (Å²) in [5.41, 5.74) is 0.749. The maximum atomic E-state index is 12.4. The molecule has 0 aromatic carbocycles. The quantitative estimate of drug-likeness (QED) is 0.901. The first-order valence-corrected chi connectivity index (χ1v) is 7.55. The lowest BCUT2D eigenvalue weighted by Crippen LogP contribution is -2.45. The molecule has 2 aromatic rings. The van der Waals surface area contributed by atoms with E-state index in [9.17, 15) is 9.59 Å². The third-order valence-electron chi connectivity index (χ3n) is 3.53. The third-order valence-corrected chi connectivity index (χ3v) is 4.30. The van der Waals surface area contributed by atoms with Crippen molar-refractivity contribution in [1.82, 2.24) is 19.6 Å². The van der Waals surface area contributed by atoms with Crippen molar-refractivity contribution in [1.29, 1.82) is 0 Å². The van der Waals surface area contributed by atoms with E-state index >= 15 is 0 Å². The summed E-state index contributed by atoms with van der Waals surface area (Å²) in [7, 11) is 0. The number of aromatic nitrogens is 2. The lowest BCUT2D eigenvalue weighted by molar-refractivity contribution is -0.138. The van der Waals surface area contributed by atoms with Crippen LogP contribution < -0.4 is 5.32 Å². The van der Waals surface area contributed by atoms with Crippen molar-refractivity contribution in [3.8, 4) is 0 Å². The van der Waals surface area contributed by atoms with Crippen LogP contribution in [0.4, 0.5) is 0 Å². The normalized spacial score (nSPS) is 18.4. The zero-order chi connectivity index (χ0) is 14.1. The second-order valence-electron chi connectivity index (χ2n) is 4.78. The number of carbonyl (C=O) groups excluding carboxylic acids is 2. The average molecular weight is 292 g/mol. The van der Waals surface area contributed by atoms with E-state index in [4.69, 9.17) is 0 Å². The molecule has 2 amide bonds. The Balaban J connectivity index is 1.73. The van der Waals surface area contributed by atoms with Gasteiger partial charge in [-0.2, -0.15) is 0 Å². The van der Waals surface area contributed by atoms with Gasteiger partial charge in [-0.15, -0.1) is 11.3 Å². The van der Waals surface area contributed by atoms with Crippen LogP contribution in [0.2, 0.25) is 0 Å². The van der Waals surface area contributed by atoms with Gasteiger partial charge >= 0.3 is 0 Å². The Kier molecular flexibility index (Phi) is 3.43. The summed E-state index contributed by atoms with van der Waals surface area (Å²) in [5, 5.41) is 4.72. The lowest BCUT2D eigenvalue weighted by atomic mass is 10.2. The van der Waals surface area contributed by atoms with Gasteiger partial charge in [0.2, 0.25) is 11.8 Å². The number of carbonyl (C=O) groups is 2. The molecule has 106 valence electrons. The molecule has 7 heteroatoms. The Labute approximate surface area is 120 Å². The van der Waals surface area contributed by atoms with Crippen molar-refractivity contribution < 1.29 is 9.59 Å². The molecule has 1 atom stereocenters. The van der Waals surface area contributed by atoms with Gasteiger partial charge in [0.1, 0.15) is 6.04 Å². The maximum Gasteiger partial charge on any atom is 0.242 e. The average Bonchev–Trinajstić information content (AvgIpc) is 3.07. The molecule has 0 aliphatic carbocycles. The van der Waals surface area contributed by atoms with E-state index in [2.05, 4.69) is 10.3 Å². The standard InChI is InChI=1S/C13H16N4O2S/c1-2-17(10-3-4-14-12(10)19)11(18)7-9-8-16-5-6-20-13(16)15-9/h5-6,8,10H,2-4,7H2,1H3,(H,14,19). The number of rotatable bonds is 4. The number of imidazole rings is 1. The summed E-state index contributed by atoms with van der Waals surface area (Å²) in [4.78, 5) is 31.0. The van der Waals surface area contributed by atoms with Crippen molar-refractivity contribution >= 4 is 28.1 Å². The number of fused-ring (bicyclic) bond motifs is 1. The number of likely N-dealkylation sites (N-methyl/N-ethyl adjacent to an activating group) is 1. The molecule has 0 radical (unpaired) electrons. The Morgan fingerprint density at radius 2 is 2.50 bits per heavy atom. The van der Waals surface area contributed by atoms with Gasteiger partial charge in [-0.05, 0) is 13.3 Å². The Hall–Kier alpha value is -1.89. The largest absolute Gasteiger partial charge is 0.354 e. The molecule has 1 fully saturated rings. The third kappa shape index (κ3) is 2.29. The zero-order valence-electron chi connectivity index (χ0n) is 11.2. The van der Waals surface area contributed by atoms with Crippen molar-refractivity contribution in [2.75, 3.05) is 13.1 Å². The van der Waals surface area contributed by atoms with Crippen LogP contribution in [-0.2, 0) is 16.0 Å².